The Hall–Kier alpha value is -2.10. The van der Waals surface area contributed by atoms with Gasteiger partial charge in [-0.2, -0.15) is 5.10 Å². The van der Waals surface area contributed by atoms with Crippen LogP contribution in [0.1, 0.15) is 16.1 Å². The van der Waals surface area contributed by atoms with Crippen molar-refractivity contribution in [3.05, 3.63) is 82.1 Å². The van der Waals surface area contributed by atoms with Gasteiger partial charge < -0.3 is 0 Å². The molecule has 0 fully saturated rings. The lowest BCUT2D eigenvalue weighted by molar-refractivity contribution is 0.103. The van der Waals surface area contributed by atoms with Crippen LogP contribution in [0, 0.1) is 0 Å². The first-order valence-corrected chi connectivity index (χ1v) is 7.01. The van der Waals surface area contributed by atoms with Crippen LogP contribution in [0.3, 0.4) is 0 Å². The normalized spacial score (nSPS) is 10.6. The molecule has 3 aromatic rings. The zero-order valence-electron chi connectivity index (χ0n) is 10.8. The van der Waals surface area contributed by atoms with E-state index in [1.807, 2.05) is 30.3 Å². The topological polar surface area (TPSA) is 34.9 Å². The summed E-state index contributed by atoms with van der Waals surface area (Å²) < 4.78 is 1.60. The molecule has 0 saturated heterocycles. The summed E-state index contributed by atoms with van der Waals surface area (Å²) in [5.41, 5.74) is 1.77. The molecular formula is C16H10Cl2N2O. The Morgan fingerprint density at radius 2 is 1.71 bits per heavy atom. The highest BCUT2D eigenvalue weighted by Crippen LogP contribution is 2.24. The number of ketones is 1. The van der Waals surface area contributed by atoms with Gasteiger partial charge in [0.25, 0.3) is 0 Å². The molecular weight excluding hydrogens is 307 g/mol. The number of hydrogen-bond acceptors (Lipinski definition) is 2. The fourth-order valence-electron chi connectivity index (χ4n) is 2.04. The second-order valence-electron chi connectivity index (χ2n) is 4.42. The average Bonchev–Trinajstić information content (AvgIpc) is 2.99. The molecule has 5 heteroatoms. The average molecular weight is 317 g/mol. The van der Waals surface area contributed by atoms with E-state index in [9.17, 15) is 4.79 Å². The van der Waals surface area contributed by atoms with E-state index in [1.54, 1.807) is 35.1 Å². The minimum absolute atomic E-state index is 0.157. The Labute approximate surface area is 131 Å². The third-order valence-electron chi connectivity index (χ3n) is 3.06. The van der Waals surface area contributed by atoms with E-state index < -0.39 is 0 Å². The minimum Gasteiger partial charge on any atom is -0.287 e. The van der Waals surface area contributed by atoms with Crippen molar-refractivity contribution in [3.63, 3.8) is 0 Å². The number of nitrogens with zero attached hydrogens (tertiary/aromatic N) is 2. The molecule has 0 amide bonds. The molecule has 0 spiro atoms. The Morgan fingerprint density at radius 3 is 2.43 bits per heavy atom. The quantitative estimate of drug-likeness (QED) is 0.671. The maximum Gasteiger partial charge on any atom is 0.211 e. The van der Waals surface area contributed by atoms with Crippen molar-refractivity contribution < 1.29 is 4.79 Å². The van der Waals surface area contributed by atoms with Gasteiger partial charge in [-0.05, 0) is 36.4 Å². The van der Waals surface area contributed by atoms with Crippen molar-refractivity contribution in [2.24, 2.45) is 0 Å². The van der Waals surface area contributed by atoms with Crippen LogP contribution in [-0.2, 0) is 0 Å². The van der Waals surface area contributed by atoms with Crippen LogP contribution < -0.4 is 0 Å². The maximum atomic E-state index is 12.6. The molecule has 2 aromatic carbocycles. The third-order valence-corrected chi connectivity index (χ3v) is 3.80. The van der Waals surface area contributed by atoms with E-state index in [1.165, 1.54) is 0 Å². The van der Waals surface area contributed by atoms with Gasteiger partial charge in [-0.3, -0.25) is 4.79 Å². The lowest BCUT2D eigenvalue weighted by atomic mass is 10.1. The molecule has 0 bridgehead atoms. The molecule has 0 aliphatic heterocycles. The highest BCUT2D eigenvalue weighted by atomic mass is 35.5. The van der Waals surface area contributed by atoms with Gasteiger partial charge in [-0.25, -0.2) is 4.68 Å². The lowest BCUT2D eigenvalue weighted by Crippen LogP contribution is -2.10. The standard InChI is InChI=1S/C16H10Cl2N2O/c17-13-7-6-11(10-14(13)18)16(21)15-8-9-19-20(15)12-4-2-1-3-5-12/h1-10H. The van der Waals surface area contributed by atoms with Crippen molar-refractivity contribution in [1.82, 2.24) is 9.78 Å². The molecule has 0 atom stereocenters. The Kier molecular flexibility index (Phi) is 3.78. The number of carbonyl (C=O) groups excluding carboxylic acids is 1. The molecule has 21 heavy (non-hydrogen) atoms. The number of aromatic nitrogens is 2. The first-order valence-electron chi connectivity index (χ1n) is 6.26. The summed E-state index contributed by atoms with van der Waals surface area (Å²) in [7, 11) is 0. The molecule has 3 rings (SSSR count). The van der Waals surface area contributed by atoms with Crippen molar-refractivity contribution in [2.75, 3.05) is 0 Å². The van der Waals surface area contributed by atoms with E-state index in [4.69, 9.17) is 23.2 Å². The smallest absolute Gasteiger partial charge is 0.211 e. The molecule has 104 valence electrons. The van der Waals surface area contributed by atoms with E-state index >= 15 is 0 Å². The monoisotopic (exact) mass is 316 g/mol. The lowest BCUT2D eigenvalue weighted by Gasteiger charge is -2.07. The summed E-state index contributed by atoms with van der Waals surface area (Å²) in [4.78, 5) is 12.6. The molecule has 0 aliphatic rings. The third kappa shape index (κ3) is 2.71. The molecule has 1 heterocycles. The SMILES string of the molecule is O=C(c1ccc(Cl)c(Cl)c1)c1ccnn1-c1ccccc1. The van der Waals surface area contributed by atoms with Crippen LogP contribution in [0.4, 0.5) is 0 Å². The largest absolute Gasteiger partial charge is 0.287 e. The molecule has 0 aliphatic carbocycles. The molecule has 0 radical (unpaired) electrons. The fourth-order valence-corrected chi connectivity index (χ4v) is 2.33. The summed E-state index contributed by atoms with van der Waals surface area (Å²) in [6.07, 6.45) is 1.59. The van der Waals surface area contributed by atoms with Crippen molar-refractivity contribution in [2.45, 2.75) is 0 Å². The summed E-state index contributed by atoms with van der Waals surface area (Å²) in [6, 6.07) is 16.0. The molecule has 1 aromatic heterocycles. The van der Waals surface area contributed by atoms with Gasteiger partial charge >= 0.3 is 0 Å². The summed E-state index contributed by atoms with van der Waals surface area (Å²) in [5.74, 6) is -0.157. The summed E-state index contributed by atoms with van der Waals surface area (Å²) in [5, 5.41) is 4.99. The number of hydrogen-bond donors (Lipinski definition) is 0. The number of carbonyl (C=O) groups is 1. The van der Waals surface area contributed by atoms with Gasteiger partial charge in [0.05, 0.1) is 21.9 Å². The highest BCUT2D eigenvalue weighted by Gasteiger charge is 2.16. The van der Waals surface area contributed by atoms with Crippen molar-refractivity contribution in [1.29, 1.82) is 0 Å². The number of halogens is 2. The predicted octanol–water partition coefficient (Wildman–Crippen LogP) is 4.41. The van der Waals surface area contributed by atoms with Crippen LogP contribution in [0.2, 0.25) is 10.0 Å². The van der Waals surface area contributed by atoms with Gasteiger partial charge in [-0.1, -0.05) is 41.4 Å². The number of benzene rings is 2. The van der Waals surface area contributed by atoms with Gasteiger partial charge in [0.2, 0.25) is 5.78 Å². The number of rotatable bonds is 3. The van der Waals surface area contributed by atoms with Crippen LogP contribution in [0.15, 0.2) is 60.8 Å². The minimum atomic E-state index is -0.157. The first-order chi connectivity index (χ1) is 10.2. The van der Waals surface area contributed by atoms with Crippen LogP contribution in [-0.4, -0.2) is 15.6 Å². The molecule has 0 N–H and O–H groups in total. The second kappa shape index (κ2) is 5.72. The zero-order valence-corrected chi connectivity index (χ0v) is 12.3. The van der Waals surface area contributed by atoms with E-state index in [0.29, 0.717) is 21.3 Å². The zero-order chi connectivity index (χ0) is 14.8. The Balaban J connectivity index is 2.03. The molecule has 3 nitrogen and oxygen atoms in total. The molecule has 0 unspecified atom stereocenters. The van der Waals surface area contributed by atoms with E-state index in [2.05, 4.69) is 5.10 Å². The molecule has 0 saturated carbocycles. The fraction of sp³-hybridized carbons (Fsp3) is 0. The van der Waals surface area contributed by atoms with Crippen LogP contribution >= 0.6 is 23.2 Å². The second-order valence-corrected chi connectivity index (χ2v) is 5.24. The first kappa shape index (κ1) is 13.9. The summed E-state index contributed by atoms with van der Waals surface area (Å²) >= 11 is 11.8. The summed E-state index contributed by atoms with van der Waals surface area (Å²) in [6.45, 7) is 0. The Morgan fingerprint density at radius 1 is 0.952 bits per heavy atom. The van der Waals surface area contributed by atoms with Crippen LogP contribution in [0.5, 0.6) is 0 Å². The predicted molar refractivity (Wildman–Crippen MR) is 83.5 cm³/mol. The highest BCUT2D eigenvalue weighted by molar-refractivity contribution is 6.42. The van der Waals surface area contributed by atoms with Gasteiger partial charge in [0, 0.05) is 5.56 Å². The van der Waals surface area contributed by atoms with Crippen molar-refractivity contribution in [3.8, 4) is 5.69 Å². The van der Waals surface area contributed by atoms with Crippen LogP contribution in [0.25, 0.3) is 5.69 Å². The van der Waals surface area contributed by atoms with Crippen molar-refractivity contribution >= 4 is 29.0 Å². The van der Waals surface area contributed by atoms with Gasteiger partial charge in [0.15, 0.2) is 0 Å². The van der Waals surface area contributed by atoms with E-state index in [-0.39, 0.29) is 5.78 Å². The maximum absolute atomic E-state index is 12.6. The van der Waals surface area contributed by atoms with E-state index in [0.717, 1.165) is 5.69 Å². The Bertz CT molecular complexity index is 797. The van der Waals surface area contributed by atoms with Gasteiger partial charge in [-0.15, -0.1) is 0 Å². The number of para-hydroxylation sites is 1. The van der Waals surface area contributed by atoms with Gasteiger partial charge in [0.1, 0.15) is 5.69 Å².